The summed E-state index contributed by atoms with van der Waals surface area (Å²) in [6, 6.07) is 3.81. The number of carbonyl (C=O) groups excluding carboxylic acids is 1. The van der Waals surface area contributed by atoms with Gasteiger partial charge in [-0.25, -0.2) is 0 Å². The van der Waals surface area contributed by atoms with Crippen LogP contribution in [0.25, 0.3) is 0 Å². The topological polar surface area (TPSA) is 111 Å². The van der Waals surface area contributed by atoms with Crippen molar-refractivity contribution in [3.63, 3.8) is 0 Å². The minimum absolute atomic E-state index is 0.0902. The van der Waals surface area contributed by atoms with Crippen LogP contribution in [0.15, 0.2) is 18.2 Å². The number of nitrogens with two attached hydrogens (primary N) is 1. The van der Waals surface area contributed by atoms with Crippen LogP contribution in [-0.4, -0.2) is 55.1 Å². The number of hydrogen-bond acceptors (Lipinski definition) is 6. The van der Waals surface area contributed by atoms with Gasteiger partial charge in [-0.1, -0.05) is 0 Å². The number of ether oxygens (including phenoxy) is 1. The molecule has 0 aromatic heterocycles. The van der Waals surface area contributed by atoms with Crippen molar-refractivity contribution in [3.05, 3.63) is 33.9 Å². The normalized spacial score (nSPS) is 19.2. The van der Waals surface area contributed by atoms with Gasteiger partial charge >= 0.3 is 0 Å². The van der Waals surface area contributed by atoms with Crippen LogP contribution in [-0.2, 0) is 4.74 Å². The number of nitrogens with zero attached hydrogens (tertiary/aromatic N) is 2. The number of nitro groups is 1. The summed E-state index contributed by atoms with van der Waals surface area (Å²) in [5.74, 6) is -0.437. The number of morpholine rings is 1. The van der Waals surface area contributed by atoms with Gasteiger partial charge in [-0.15, -0.1) is 0 Å². The van der Waals surface area contributed by atoms with Crippen LogP contribution in [0.4, 0.5) is 11.4 Å². The van der Waals surface area contributed by atoms with E-state index in [2.05, 4.69) is 10.2 Å². The standard InChI is InChI=1S/C13H18N4O4/c1-16-4-5-21-10(8-16)7-15-13(18)11-6-9(17(19)20)2-3-12(11)14/h2-3,6,10H,4-5,7-8,14H2,1H3,(H,15,18). The van der Waals surface area contributed by atoms with Crippen molar-refractivity contribution in [2.75, 3.05) is 39.0 Å². The monoisotopic (exact) mass is 294 g/mol. The van der Waals surface area contributed by atoms with E-state index in [1.54, 1.807) is 0 Å². The Morgan fingerprint density at radius 2 is 2.38 bits per heavy atom. The number of hydrogen-bond donors (Lipinski definition) is 2. The highest BCUT2D eigenvalue weighted by atomic mass is 16.6. The summed E-state index contributed by atoms with van der Waals surface area (Å²) in [4.78, 5) is 24.4. The Bertz CT molecular complexity index is 549. The number of nitrogens with one attached hydrogen (secondary N) is 1. The molecule has 0 spiro atoms. The van der Waals surface area contributed by atoms with Gasteiger partial charge in [0, 0.05) is 37.5 Å². The number of non-ortho nitro benzene ring substituents is 1. The van der Waals surface area contributed by atoms with Crippen molar-refractivity contribution >= 4 is 17.3 Å². The molecule has 114 valence electrons. The molecule has 1 atom stereocenters. The van der Waals surface area contributed by atoms with E-state index >= 15 is 0 Å². The average molecular weight is 294 g/mol. The van der Waals surface area contributed by atoms with Gasteiger partial charge in [-0.2, -0.15) is 0 Å². The number of amides is 1. The highest BCUT2D eigenvalue weighted by Crippen LogP contribution is 2.19. The van der Waals surface area contributed by atoms with Gasteiger partial charge in [0.25, 0.3) is 11.6 Å². The van der Waals surface area contributed by atoms with Crippen LogP contribution in [0.5, 0.6) is 0 Å². The highest BCUT2D eigenvalue weighted by molar-refractivity contribution is 5.99. The van der Waals surface area contributed by atoms with Crippen molar-refractivity contribution in [1.29, 1.82) is 0 Å². The molecule has 1 saturated heterocycles. The van der Waals surface area contributed by atoms with E-state index in [0.29, 0.717) is 13.2 Å². The molecule has 1 aromatic carbocycles. The number of rotatable bonds is 4. The first-order valence-electron chi connectivity index (χ1n) is 6.59. The molecule has 3 N–H and O–H groups in total. The molecular formula is C13H18N4O4. The first-order chi connectivity index (χ1) is 9.97. The number of carbonyl (C=O) groups is 1. The molecule has 1 unspecified atom stereocenters. The van der Waals surface area contributed by atoms with Crippen LogP contribution < -0.4 is 11.1 Å². The zero-order valence-corrected chi connectivity index (χ0v) is 11.7. The van der Waals surface area contributed by atoms with Crippen LogP contribution in [0.1, 0.15) is 10.4 Å². The number of likely N-dealkylation sites (N-methyl/N-ethyl adjacent to an activating group) is 1. The third-order valence-electron chi connectivity index (χ3n) is 3.32. The van der Waals surface area contributed by atoms with Crippen molar-refractivity contribution in [2.45, 2.75) is 6.10 Å². The summed E-state index contributed by atoms with van der Waals surface area (Å²) >= 11 is 0. The Morgan fingerprint density at radius 1 is 1.62 bits per heavy atom. The van der Waals surface area contributed by atoms with Crippen LogP contribution in [0, 0.1) is 10.1 Å². The van der Waals surface area contributed by atoms with Crippen molar-refractivity contribution < 1.29 is 14.5 Å². The lowest BCUT2D eigenvalue weighted by molar-refractivity contribution is -0.384. The smallest absolute Gasteiger partial charge is 0.270 e. The molecule has 1 fully saturated rings. The molecule has 1 heterocycles. The van der Waals surface area contributed by atoms with E-state index in [9.17, 15) is 14.9 Å². The molecule has 2 rings (SSSR count). The maximum absolute atomic E-state index is 12.1. The number of anilines is 1. The molecule has 0 radical (unpaired) electrons. The molecule has 0 bridgehead atoms. The van der Waals surface area contributed by atoms with Crippen molar-refractivity contribution in [1.82, 2.24) is 10.2 Å². The average Bonchev–Trinajstić information content (AvgIpc) is 2.45. The molecule has 21 heavy (non-hydrogen) atoms. The predicted octanol–water partition coefficient (Wildman–Crippen LogP) is 0.237. The quantitative estimate of drug-likeness (QED) is 0.467. The van der Waals surface area contributed by atoms with E-state index in [1.807, 2.05) is 7.05 Å². The van der Waals surface area contributed by atoms with E-state index in [0.717, 1.165) is 13.1 Å². The van der Waals surface area contributed by atoms with Crippen molar-refractivity contribution in [3.8, 4) is 0 Å². The zero-order valence-electron chi connectivity index (χ0n) is 11.7. The van der Waals surface area contributed by atoms with Gasteiger partial charge in [0.05, 0.1) is 23.2 Å². The molecule has 0 aliphatic carbocycles. The zero-order chi connectivity index (χ0) is 15.4. The third kappa shape index (κ3) is 3.89. The predicted molar refractivity (Wildman–Crippen MR) is 77.1 cm³/mol. The highest BCUT2D eigenvalue weighted by Gasteiger charge is 2.20. The molecular weight excluding hydrogens is 276 g/mol. The van der Waals surface area contributed by atoms with E-state index in [-0.39, 0.29) is 23.0 Å². The van der Waals surface area contributed by atoms with Crippen LogP contribution in [0.2, 0.25) is 0 Å². The molecule has 8 nitrogen and oxygen atoms in total. The minimum atomic E-state index is -0.560. The van der Waals surface area contributed by atoms with Gasteiger partial charge in [0.15, 0.2) is 0 Å². The Hall–Kier alpha value is -2.19. The number of nitro benzene ring substituents is 1. The summed E-state index contributed by atoms with van der Waals surface area (Å²) in [7, 11) is 1.98. The molecule has 1 aromatic rings. The Kier molecular flexibility index (Phi) is 4.71. The largest absolute Gasteiger partial charge is 0.398 e. The second-order valence-corrected chi connectivity index (χ2v) is 4.99. The Morgan fingerprint density at radius 3 is 3.05 bits per heavy atom. The van der Waals surface area contributed by atoms with Gasteiger partial charge in [-0.05, 0) is 13.1 Å². The molecule has 8 heteroatoms. The first kappa shape index (κ1) is 15.2. The van der Waals surface area contributed by atoms with E-state index < -0.39 is 10.8 Å². The van der Waals surface area contributed by atoms with E-state index in [4.69, 9.17) is 10.5 Å². The lowest BCUT2D eigenvalue weighted by atomic mass is 10.1. The Labute approximate surface area is 122 Å². The maximum Gasteiger partial charge on any atom is 0.270 e. The van der Waals surface area contributed by atoms with Gasteiger partial charge in [-0.3, -0.25) is 14.9 Å². The lowest BCUT2D eigenvalue weighted by Gasteiger charge is -2.30. The fourth-order valence-electron chi connectivity index (χ4n) is 2.15. The fraction of sp³-hybridized carbons (Fsp3) is 0.462. The van der Waals surface area contributed by atoms with Gasteiger partial charge < -0.3 is 20.7 Å². The van der Waals surface area contributed by atoms with Crippen LogP contribution in [0.3, 0.4) is 0 Å². The molecule has 1 amide bonds. The maximum atomic E-state index is 12.1. The Balaban J connectivity index is 1.99. The third-order valence-corrected chi connectivity index (χ3v) is 3.32. The minimum Gasteiger partial charge on any atom is -0.398 e. The summed E-state index contributed by atoms with van der Waals surface area (Å²) in [5.41, 5.74) is 5.85. The fourth-order valence-corrected chi connectivity index (χ4v) is 2.15. The number of benzene rings is 1. The first-order valence-corrected chi connectivity index (χ1v) is 6.59. The van der Waals surface area contributed by atoms with Gasteiger partial charge in [0.2, 0.25) is 0 Å². The molecule has 1 aliphatic heterocycles. The SMILES string of the molecule is CN1CCOC(CNC(=O)c2cc([N+](=O)[O-])ccc2N)C1. The second kappa shape index (κ2) is 6.51. The summed E-state index contributed by atoms with van der Waals surface area (Å²) in [6.07, 6.45) is -0.0902. The molecule has 1 aliphatic rings. The summed E-state index contributed by atoms with van der Waals surface area (Å²) < 4.78 is 5.53. The van der Waals surface area contributed by atoms with Crippen LogP contribution >= 0.6 is 0 Å². The lowest BCUT2D eigenvalue weighted by Crippen LogP contribution is -2.46. The van der Waals surface area contributed by atoms with E-state index in [1.165, 1.54) is 18.2 Å². The summed E-state index contributed by atoms with van der Waals surface area (Å²) in [5, 5.41) is 13.4. The molecule has 0 saturated carbocycles. The number of nitrogen functional groups attached to an aromatic ring is 1. The van der Waals surface area contributed by atoms with Gasteiger partial charge in [0.1, 0.15) is 0 Å². The summed E-state index contributed by atoms with van der Waals surface area (Å²) in [6.45, 7) is 2.55. The second-order valence-electron chi connectivity index (χ2n) is 4.99. The van der Waals surface area contributed by atoms with Crippen molar-refractivity contribution in [2.24, 2.45) is 0 Å².